The molecule has 0 atom stereocenters. The molecule has 3 aromatic carbocycles. The molecule has 0 saturated carbocycles. The molecule has 0 spiro atoms. The first-order chi connectivity index (χ1) is 16.9. The monoisotopic (exact) mass is 465 g/mol. The van der Waals surface area contributed by atoms with Crippen molar-refractivity contribution in [1.82, 2.24) is 5.43 Å². The predicted molar refractivity (Wildman–Crippen MR) is 130 cm³/mol. The van der Waals surface area contributed by atoms with Gasteiger partial charge >= 0.3 is 11.8 Å². The molecule has 0 aromatic heterocycles. The summed E-state index contributed by atoms with van der Waals surface area (Å²) in [6.45, 7) is 1.90. The van der Waals surface area contributed by atoms with E-state index in [1.54, 1.807) is 48.5 Å². The van der Waals surface area contributed by atoms with Crippen LogP contribution in [0.2, 0.25) is 0 Å². The Labute approximate surface area is 199 Å². The van der Waals surface area contributed by atoms with Crippen LogP contribution >= 0.6 is 0 Å². The Morgan fingerprint density at radius 3 is 2.49 bits per heavy atom. The fourth-order valence-corrected chi connectivity index (χ4v) is 3.26. The average molecular weight is 465 g/mol. The fourth-order valence-electron chi connectivity index (χ4n) is 3.26. The summed E-state index contributed by atoms with van der Waals surface area (Å²) in [6, 6.07) is 20.5. The highest BCUT2D eigenvalue weighted by Crippen LogP contribution is 2.18. The van der Waals surface area contributed by atoms with Crippen LogP contribution in [0.4, 0.5) is 11.4 Å². The minimum Gasteiger partial charge on any atom is -0.322 e. The third-order valence-electron chi connectivity index (χ3n) is 4.92. The first-order valence-corrected chi connectivity index (χ1v) is 10.5. The zero-order valence-electron chi connectivity index (χ0n) is 18.5. The number of aryl methyl sites for hydroxylation is 1. The largest absolute Gasteiger partial charge is 0.330 e. The Morgan fingerprint density at radius 2 is 1.66 bits per heavy atom. The van der Waals surface area contributed by atoms with Crippen LogP contribution in [0.25, 0.3) is 6.08 Å². The number of benzene rings is 3. The van der Waals surface area contributed by atoms with Gasteiger partial charge in [-0.2, -0.15) is 0 Å². The number of nitrogens with zero attached hydrogens (tertiary/aromatic N) is 2. The molecule has 0 aliphatic carbocycles. The molecular weight excluding hydrogens is 446 g/mol. The van der Waals surface area contributed by atoms with Gasteiger partial charge in [0.1, 0.15) is 5.57 Å². The molecule has 4 rings (SSSR count). The molecule has 0 unspecified atom stereocenters. The Kier molecular flexibility index (Phi) is 6.71. The standard InChI is InChI=1S/C26H19N5O4/c1-16-7-6-9-19(13-16)28-24(33)20-10-3-5-12-22(20)30-25(34)26(35)31-27-15-18-14-17-8-2-4-11-21(17)29-23(18)32/h2-14H,1H3,(H,28,33)(H,30,34)(H,31,35). The summed E-state index contributed by atoms with van der Waals surface area (Å²) in [4.78, 5) is 53.3. The van der Waals surface area contributed by atoms with Crippen molar-refractivity contribution in [3.63, 3.8) is 0 Å². The van der Waals surface area contributed by atoms with E-state index in [2.05, 4.69) is 26.6 Å². The Hall–Kier alpha value is -5.14. The lowest BCUT2D eigenvalue weighted by molar-refractivity contribution is -0.136. The smallest absolute Gasteiger partial charge is 0.322 e. The van der Waals surface area contributed by atoms with E-state index in [-0.39, 0.29) is 16.8 Å². The number of hydrogen-bond acceptors (Lipinski definition) is 5. The normalized spacial score (nSPS) is 11.7. The summed E-state index contributed by atoms with van der Waals surface area (Å²) >= 11 is 0. The molecule has 3 N–H and O–H groups in total. The Bertz CT molecular complexity index is 1550. The predicted octanol–water partition coefficient (Wildman–Crippen LogP) is 1.45. The average Bonchev–Trinajstić information content (AvgIpc) is 2.84. The van der Waals surface area contributed by atoms with Gasteiger partial charge in [0.05, 0.1) is 16.6 Å². The summed E-state index contributed by atoms with van der Waals surface area (Å²) in [6.07, 6.45) is 1.53. The van der Waals surface area contributed by atoms with Crippen molar-refractivity contribution in [2.45, 2.75) is 6.92 Å². The first-order valence-electron chi connectivity index (χ1n) is 10.5. The summed E-state index contributed by atoms with van der Waals surface area (Å²) in [5, 5.41) is 9.95. The number of rotatable bonds is 4. The van der Waals surface area contributed by atoms with Gasteiger partial charge in [-0.15, -0.1) is 5.10 Å². The quantitative estimate of drug-likeness (QED) is 0.233. The van der Waals surface area contributed by atoms with Gasteiger partial charge in [0.2, 0.25) is 0 Å². The van der Waals surface area contributed by atoms with Gasteiger partial charge in [0.15, 0.2) is 0 Å². The first kappa shape index (κ1) is 23.0. The van der Waals surface area contributed by atoms with Crippen molar-refractivity contribution >= 4 is 46.9 Å². The van der Waals surface area contributed by atoms with Crippen molar-refractivity contribution in [3.8, 4) is 0 Å². The third-order valence-corrected chi connectivity index (χ3v) is 4.92. The third kappa shape index (κ3) is 5.62. The molecule has 3 aromatic rings. The number of hydrazone groups is 1. The van der Waals surface area contributed by atoms with Crippen LogP contribution in [0.15, 0.2) is 88.5 Å². The lowest BCUT2D eigenvalue weighted by Gasteiger charge is -2.11. The number of amides is 4. The number of anilines is 2. The highest BCUT2D eigenvalue weighted by atomic mass is 16.2. The SMILES string of the molecule is Cc1cccc(NC(=O)c2ccccc2NC(=O)C(=O)NN=C=C2C=c3ccccc3=NC2=O)c1. The van der Waals surface area contributed by atoms with Crippen LogP contribution in [0.5, 0.6) is 0 Å². The molecule has 172 valence electrons. The molecule has 0 saturated heterocycles. The highest BCUT2D eigenvalue weighted by molar-refractivity contribution is 6.40. The fraction of sp³-hybridized carbons (Fsp3) is 0.0385. The number of fused-ring (bicyclic) bond motifs is 1. The second-order valence-corrected chi connectivity index (χ2v) is 7.52. The van der Waals surface area contributed by atoms with Gasteiger partial charge in [-0.05, 0) is 48.9 Å². The van der Waals surface area contributed by atoms with Crippen LogP contribution in [0.3, 0.4) is 0 Å². The van der Waals surface area contributed by atoms with Gasteiger partial charge in [0.25, 0.3) is 11.8 Å². The van der Waals surface area contributed by atoms with Crippen LogP contribution in [-0.4, -0.2) is 29.5 Å². The van der Waals surface area contributed by atoms with E-state index in [1.165, 1.54) is 18.2 Å². The van der Waals surface area contributed by atoms with Gasteiger partial charge < -0.3 is 10.6 Å². The maximum absolute atomic E-state index is 12.7. The summed E-state index contributed by atoms with van der Waals surface area (Å²) in [7, 11) is 0. The molecule has 0 fully saturated rings. The van der Waals surface area contributed by atoms with Crippen LogP contribution in [0, 0.1) is 6.92 Å². The van der Waals surface area contributed by atoms with Crippen LogP contribution < -0.4 is 26.6 Å². The molecule has 0 bridgehead atoms. The van der Waals surface area contributed by atoms with Gasteiger partial charge in [-0.1, -0.05) is 42.5 Å². The van der Waals surface area contributed by atoms with Crippen molar-refractivity contribution in [3.05, 3.63) is 100 Å². The Morgan fingerprint density at radius 1 is 0.886 bits per heavy atom. The summed E-state index contributed by atoms with van der Waals surface area (Å²) in [5.74, 6) is -0.788. The number of carbonyl (C=O) groups excluding carboxylic acids is 4. The maximum atomic E-state index is 12.7. The maximum Gasteiger partial charge on any atom is 0.330 e. The minimum absolute atomic E-state index is 0.0302. The molecule has 4 amide bonds. The number of para-hydroxylation sites is 2. The van der Waals surface area contributed by atoms with Crippen molar-refractivity contribution in [1.29, 1.82) is 0 Å². The van der Waals surface area contributed by atoms with Crippen molar-refractivity contribution < 1.29 is 19.2 Å². The topological polar surface area (TPSA) is 129 Å². The molecule has 35 heavy (non-hydrogen) atoms. The lowest BCUT2D eigenvalue weighted by Crippen LogP contribution is -2.33. The van der Waals surface area contributed by atoms with E-state index in [0.29, 0.717) is 16.3 Å². The van der Waals surface area contributed by atoms with Gasteiger partial charge in [0, 0.05) is 16.8 Å². The number of nitrogens with one attached hydrogen (secondary N) is 3. The minimum atomic E-state index is -1.10. The molecule has 1 aliphatic heterocycles. The molecule has 9 heteroatoms. The van der Waals surface area contributed by atoms with Crippen LogP contribution in [0.1, 0.15) is 15.9 Å². The zero-order valence-corrected chi connectivity index (χ0v) is 18.5. The van der Waals surface area contributed by atoms with E-state index in [0.717, 1.165) is 5.56 Å². The van der Waals surface area contributed by atoms with E-state index in [4.69, 9.17) is 0 Å². The van der Waals surface area contributed by atoms with E-state index in [9.17, 15) is 19.2 Å². The Balaban J connectivity index is 1.44. The molecule has 1 heterocycles. The van der Waals surface area contributed by atoms with E-state index in [1.807, 2.05) is 24.5 Å². The molecule has 1 aliphatic rings. The lowest BCUT2D eigenvalue weighted by atomic mass is 10.1. The van der Waals surface area contributed by atoms with Crippen molar-refractivity contribution in [2.24, 2.45) is 10.1 Å². The summed E-state index contributed by atoms with van der Waals surface area (Å²) < 4.78 is 0. The summed E-state index contributed by atoms with van der Waals surface area (Å²) in [5.41, 5.74) is 3.93. The van der Waals surface area contributed by atoms with Crippen LogP contribution in [-0.2, 0) is 14.4 Å². The molecular formula is C26H19N5O4. The van der Waals surface area contributed by atoms with Gasteiger partial charge in [-0.3, -0.25) is 19.2 Å². The van der Waals surface area contributed by atoms with E-state index >= 15 is 0 Å². The number of hydrogen-bond donors (Lipinski definition) is 3. The number of carbonyl (C=O) groups is 4. The second kappa shape index (κ2) is 10.2. The van der Waals surface area contributed by atoms with Crippen molar-refractivity contribution in [2.75, 3.05) is 10.6 Å². The second-order valence-electron chi connectivity index (χ2n) is 7.52. The molecule has 0 radical (unpaired) electrons. The zero-order chi connectivity index (χ0) is 24.8. The van der Waals surface area contributed by atoms with E-state index < -0.39 is 23.6 Å². The van der Waals surface area contributed by atoms with Gasteiger partial charge in [-0.25, -0.2) is 10.4 Å². The highest BCUT2D eigenvalue weighted by Gasteiger charge is 2.18. The molecule has 9 nitrogen and oxygen atoms in total.